The van der Waals surface area contributed by atoms with Crippen LogP contribution < -0.4 is 5.84 Å². The molecule has 0 spiro atoms. The summed E-state index contributed by atoms with van der Waals surface area (Å²) in [7, 11) is 0. The van der Waals surface area contributed by atoms with Crippen molar-refractivity contribution in [3.8, 4) is 0 Å². The lowest BCUT2D eigenvalue weighted by Gasteiger charge is -2.06. The molecule has 1 heterocycles. The molecule has 0 aliphatic rings. The van der Waals surface area contributed by atoms with Gasteiger partial charge in [0.1, 0.15) is 12.2 Å². The van der Waals surface area contributed by atoms with Gasteiger partial charge in [0.25, 0.3) is 0 Å². The van der Waals surface area contributed by atoms with Crippen LogP contribution >= 0.6 is 0 Å². The van der Waals surface area contributed by atoms with Gasteiger partial charge in [0, 0.05) is 0 Å². The second-order valence-electron chi connectivity index (χ2n) is 2.64. The highest BCUT2D eigenvalue weighted by molar-refractivity contribution is 4.99. The molecule has 68 valence electrons. The third kappa shape index (κ3) is 1.39. The molecule has 6 heteroatoms. The van der Waals surface area contributed by atoms with Crippen LogP contribution in [0.2, 0.25) is 0 Å². The minimum absolute atomic E-state index is 0.242. The van der Waals surface area contributed by atoms with E-state index in [9.17, 15) is 0 Å². The first-order chi connectivity index (χ1) is 5.54. The lowest BCUT2D eigenvalue weighted by atomic mass is 10.3. The van der Waals surface area contributed by atoms with Crippen molar-refractivity contribution in [1.82, 2.24) is 14.9 Å². The zero-order valence-electron chi connectivity index (χ0n) is 6.97. The van der Waals surface area contributed by atoms with Crippen LogP contribution in [-0.4, -0.2) is 25.1 Å². The summed E-state index contributed by atoms with van der Waals surface area (Å²) in [5.41, 5.74) is 0. The van der Waals surface area contributed by atoms with E-state index in [1.54, 1.807) is 0 Å². The maximum atomic E-state index is 9.11. The maximum Gasteiger partial charge on any atom is 0.180 e. The van der Waals surface area contributed by atoms with Gasteiger partial charge in [-0.1, -0.05) is 0 Å². The molecular weight excluding hydrogens is 160 g/mol. The quantitative estimate of drug-likeness (QED) is 0.502. The fraction of sp³-hybridized carbons (Fsp3) is 0.667. The highest BCUT2D eigenvalue weighted by atomic mass is 16.3. The third-order valence-electron chi connectivity index (χ3n) is 1.50. The van der Waals surface area contributed by atoms with Crippen LogP contribution in [0.25, 0.3) is 0 Å². The topological polar surface area (TPSA) is 97.2 Å². The van der Waals surface area contributed by atoms with Crippen LogP contribution in [0.1, 0.15) is 37.7 Å². The van der Waals surface area contributed by atoms with Gasteiger partial charge in [-0.25, -0.2) is 4.68 Å². The fourth-order valence-electron chi connectivity index (χ4n) is 0.886. The molecule has 0 saturated carbocycles. The van der Waals surface area contributed by atoms with Gasteiger partial charge < -0.3 is 16.1 Å². The van der Waals surface area contributed by atoms with Gasteiger partial charge in [-0.05, 0) is 13.8 Å². The summed E-state index contributed by atoms with van der Waals surface area (Å²) >= 11 is 0. The van der Waals surface area contributed by atoms with Crippen LogP contribution in [0.4, 0.5) is 0 Å². The standard InChI is InChI=1S/C6H12N4O2/c1-3(11)5-8-9-6(4(2)12)10(5)7/h3-4,11-12H,7H2,1-2H3/t3-,4-/m0/s1. The molecule has 12 heavy (non-hydrogen) atoms. The molecule has 1 rings (SSSR count). The van der Waals surface area contributed by atoms with Crippen LogP contribution in [0.3, 0.4) is 0 Å². The van der Waals surface area contributed by atoms with E-state index >= 15 is 0 Å². The lowest BCUT2D eigenvalue weighted by molar-refractivity contribution is 0.176. The van der Waals surface area contributed by atoms with Crippen molar-refractivity contribution in [2.75, 3.05) is 5.84 Å². The molecule has 1 aromatic rings. The molecule has 0 bridgehead atoms. The molecule has 0 radical (unpaired) electrons. The van der Waals surface area contributed by atoms with Gasteiger partial charge in [-0.2, -0.15) is 0 Å². The Morgan fingerprint density at radius 1 is 1.17 bits per heavy atom. The van der Waals surface area contributed by atoms with Gasteiger partial charge in [0.2, 0.25) is 0 Å². The van der Waals surface area contributed by atoms with E-state index in [2.05, 4.69) is 10.2 Å². The van der Waals surface area contributed by atoms with Crippen molar-refractivity contribution in [1.29, 1.82) is 0 Å². The molecule has 6 nitrogen and oxygen atoms in total. The molecule has 0 fully saturated rings. The van der Waals surface area contributed by atoms with E-state index in [0.29, 0.717) is 0 Å². The van der Waals surface area contributed by atoms with Crippen LogP contribution in [0.5, 0.6) is 0 Å². The van der Waals surface area contributed by atoms with Crippen molar-refractivity contribution in [2.24, 2.45) is 0 Å². The Balaban J connectivity index is 3.04. The average molecular weight is 172 g/mol. The number of hydrogen-bond acceptors (Lipinski definition) is 5. The molecule has 0 saturated heterocycles. The van der Waals surface area contributed by atoms with Crippen LogP contribution in [-0.2, 0) is 0 Å². The first-order valence-corrected chi connectivity index (χ1v) is 3.60. The highest BCUT2D eigenvalue weighted by Gasteiger charge is 2.16. The second kappa shape index (κ2) is 3.08. The first kappa shape index (κ1) is 8.95. The van der Waals surface area contributed by atoms with Gasteiger partial charge in [-0.3, -0.25) is 0 Å². The zero-order chi connectivity index (χ0) is 9.30. The van der Waals surface area contributed by atoms with Crippen LogP contribution in [0.15, 0.2) is 0 Å². The normalized spacial score (nSPS) is 16.0. The van der Waals surface area contributed by atoms with Crippen molar-refractivity contribution < 1.29 is 10.2 Å². The van der Waals surface area contributed by atoms with E-state index in [4.69, 9.17) is 16.1 Å². The monoisotopic (exact) mass is 172 g/mol. The minimum atomic E-state index is -0.782. The van der Waals surface area contributed by atoms with E-state index in [0.717, 1.165) is 4.68 Å². The van der Waals surface area contributed by atoms with E-state index in [1.807, 2.05) is 0 Å². The number of nitrogens with zero attached hydrogens (tertiary/aromatic N) is 3. The minimum Gasteiger partial charge on any atom is -0.385 e. The number of nitrogen functional groups attached to an aromatic ring is 1. The molecule has 0 amide bonds. The van der Waals surface area contributed by atoms with Crippen molar-refractivity contribution in [3.05, 3.63) is 11.6 Å². The second-order valence-corrected chi connectivity index (χ2v) is 2.64. The Morgan fingerprint density at radius 2 is 1.50 bits per heavy atom. The molecular formula is C6H12N4O2. The number of aromatic nitrogens is 3. The molecule has 4 N–H and O–H groups in total. The summed E-state index contributed by atoms with van der Waals surface area (Å²) in [5.74, 6) is 5.96. The van der Waals surface area contributed by atoms with E-state index < -0.39 is 12.2 Å². The van der Waals surface area contributed by atoms with Gasteiger partial charge in [-0.15, -0.1) is 10.2 Å². The molecule has 2 atom stereocenters. The summed E-state index contributed by atoms with van der Waals surface area (Å²) in [4.78, 5) is 0. The summed E-state index contributed by atoms with van der Waals surface area (Å²) in [6.07, 6.45) is -1.56. The third-order valence-corrected chi connectivity index (χ3v) is 1.50. The number of rotatable bonds is 2. The Bertz CT molecular complexity index is 243. The van der Waals surface area contributed by atoms with Crippen molar-refractivity contribution in [2.45, 2.75) is 26.1 Å². The number of aliphatic hydroxyl groups is 2. The summed E-state index contributed by atoms with van der Waals surface area (Å²) in [6, 6.07) is 0. The Morgan fingerprint density at radius 3 is 1.67 bits per heavy atom. The number of hydrogen-bond donors (Lipinski definition) is 3. The predicted molar refractivity (Wildman–Crippen MR) is 41.4 cm³/mol. The highest BCUT2D eigenvalue weighted by Crippen LogP contribution is 2.12. The Labute approximate surface area is 69.6 Å². The summed E-state index contributed by atoms with van der Waals surface area (Å²) in [6.45, 7) is 3.05. The van der Waals surface area contributed by atoms with Gasteiger partial charge in [0.15, 0.2) is 11.6 Å². The Hall–Kier alpha value is -1.14. The number of aliphatic hydroxyl groups excluding tert-OH is 2. The van der Waals surface area contributed by atoms with Gasteiger partial charge in [0.05, 0.1) is 0 Å². The molecule has 0 aromatic carbocycles. The van der Waals surface area contributed by atoms with E-state index in [1.165, 1.54) is 13.8 Å². The van der Waals surface area contributed by atoms with Crippen LogP contribution in [0, 0.1) is 0 Å². The Kier molecular flexibility index (Phi) is 2.30. The molecule has 0 unspecified atom stereocenters. The van der Waals surface area contributed by atoms with E-state index in [-0.39, 0.29) is 11.6 Å². The fourth-order valence-corrected chi connectivity index (χ4v) is 0.886. The SMILES string of the molecule is C[C@H](O)c1nnc([C@H](C)O)n1N. The number of nitrogens with two attached hydrogens (primary N) is 1. The van der Waals surface area contributed by atoms with Crippen molar-refractivity contribution >= 4 is 0 Å². The lowest BCUT2D eigenvalue weighted by Crippen LogP contribution is -2.19. The maximum absolute atomic E-state index is 9.11. The van der Waals surface area contributed by atoms with Crippen molar-refractivity contribution in [3.63, 3.8) is 0 Å². The molecule has 1 aromatic heterocycles. The average Bonchev–Trinajstić information content (AvgIpc) is 2.30. The molecule has 0 aliphatic carbocycles. The largest absolute Gasteiger partial charge is 0.385 e. The molecule has 0 aliphatic heterocycles. The smallest absolute Gasteiger partial charge is 0.180 e. The summed E-state index contributed by atoms with van der Waals surface area (Å²) < 4.78 is 1.09. The first-order valence-electron chi connectivity index (χ1n) is 3.60. The van der Waals surface area contributed by atoms with Gasteiger partial charge >= 0.3 is 0 Å². The predicted octanol–water partition coefficient (Wildman–Crippen LogP) is -0.902. The summed E-state index contributed by atoms with van der Waals surface area (Å²) in [5, 5.41) is 25.5. The zero-order valence-corrected chi connectivity index (χ0v) is 6.97.